The highest BCUT2D eigenvalue weighted by molar-refractivity contribution is 9.10. The Morgan fingerprint density at radius 1 is 1.05 bits per heavy atom. The molecule has 0 amide bonds. The number of hydrazone groups is 1. The first kappa shape index (κ1) is 14.5. The molecule has 2 aromatic heterocycles. The van der Waals surface area contributed by atoms with Crippen molar-refractivity contribution in [3.63, 3.8) is 0 Å². The van der Waals surface area contributed by atoms with Gasteiger partial charge in [-0.25, -0.2) is 5.43 Å². The van der Waals surface area contributed by atoms with Crippen molar-refractivity contribution in [1.82, 2.24) is 5.43 Å². The van der Waals surface area contributed by atoms with E-state index in [1.54, 1.807) is 24.3 Å². The summed E-state index contributed by atoms with van der Waals surface area (Å²) in [7, 11) is 0. The van der Waals surface area contributed by atoms with E-state index in [9.17, 15) is 0 Å². The minimum Gasteiger partial charge on any atom is -0.448 e. The fourth-order valence-corrected chi connectivity index (χ4v) is 1.77. The van der Waals surface area contributed by atoms with Crippen LogP contribution in [0, 0.1) is 0 Å². The van der Waals surface area contributed by atoms with Crippen LogP contribution in [0.25, 0.3) is 0 Å². The standard InChI is InChI=1S/C11H9Br2N5O2/c12-9-3-1-7(19-9)5-15-17-11(14)18-16-6-8-2-4-10(13)20-8/h1-6H,(H3,14,17,18). The van der Waals surface area contributed by atoms with Crippen molar-refractivity contribution in [2.45, 2.75) is 0 Å². The molecule has 0 aliphatic carbocycles. The smallest absolute Gasteiger partial charge is 0.234 e. The van der Waals surface area contributed by atoms with Crippen LogP contribution in [0.4, 0.5) is 0 Å². The number of hydrogen-bond donors (Lipinski definition) is 2. The van der Waals surface area contributed by atoms with Crippen molar-refractivity contribution in [2.75, 3.05) is 0 Å². The molecule has 0 fully saturated rings. The molecule has 0 spiro atoms. The van der Waals surface area contributed by atoms with E-state index in [2.05, 4.69) is 52.6 Å². The van der Waals surface area contributed by atoms with Gasteiger partial charge in [-0.15, -0.1) is 5.10 Å². The van der Waals surface area contributed by atoms with Gasteiger partial charge in [-0.3, -0.25) is 0 Å². The Hall–Kier alpha value is -1.87. The molecule has 0 aliphatic heterocycles. The first-order valence-corrected chi connectivity index (χ1v) is 6.88. The zero-order valence-electron chi connectivity index (χ0n) is 9.96. The zero-order chi connectivity index (χ0) is 14.4. The van der Waals surface area contributed by atoms with Gasteiger partial charge in [-0.1, -0.05) is 0 Å². The SMILES string of the molecule is NC(=NN=Cc1ccc(Br)o1)NN=Cc1ccc(Br)o1. The van der Waals surface area contributed by atoms with E-state index < -0.39 is 0 Å². The van der Waals surface area contributed by atoms with E-state index in [0.29, 0.717) is 20.9 Å². The normalized spacial score (nSPS) is 12.6. The number of halogens is 2. The molecule has 20 heavy (non-hydrogen) atoms. The minimum atomic E-state index is 0.0359. The van der Waals surface area contributed by atoms with E-state index in [1.807, 2.05) is 0 Å². The molecule has 0 radical (unpaired) electrons. The van der Waals surface area contributed by atoms with Crippen LogP contribution in [0.1, 0.15) is 11.5 Å². The Morgan fingerprint density at radius 2 is 1.65 bits per heavy atom. The van der Waals surface area contributed by atoms with Crippen LogP contribution < -0.4 is 11.2 Å². The third-order valence-electron chi connectivity index (χ3n) is 1.91. The Bertz CT molecular complexity index is 659. The van der Waals surface area contributed by atoms with Crippen LogP contribution in [0.3, 0.4) is 0 Å². The topological polar surface area (TPSA) is 101 Å². The quantitative estimate of drug-likeness (QED) is 0.466. The van der Waals surface area contributed by atoms with Gasteiger partial charge in [0.15, 0.2) is 9.34 Å². The summed E-state index contributed by atoms with van der Waals surface area (Å²) < 4.78 is 11.6. The summed E-state index contributed by atoms with van der Waals surface area (Å²) in [6, 6.07) is 6.98. The maximum atomic E-state index is 5.54. The van der Waals surface area contributed by atoms with E-state index in [-0.39, 0.29) is 5.96 Å². The monoisotopic (exact) mass is 401 g/mol. The highest BCUT2D eigenvalue weighted by atomic mass is 79.9. The molecule has 0 bridgehead atoms. The number of nitrogens with zero attached hydrogens (tertiary/aromatic N) is 3. The third-order valence-corrected chi connectivity index (χ3v) is 2.76. The van der Waals surface area contributed by atoms with Crippen molar-refractivity contribution < 1.29 is 8.83 Å². The van der Waals surface area contributed by atoms with Gasteiger partial charge in [0, 0.05) is 0 Å². The van der Waals surface area contributed by atoms with Gasteiger partial charge in [-0.2, -0.15) is 10.2 Å². The molecule has 104 valence electrons. The van der Waals surface area contributed by atoms with Gasteiger partial charge < -0.3 is 14.6 Å². The molecule has 7 nitrogen and oxygen atoms in total. The molecular weight excluding hydrogens is 394 g/mol. The molecule has 0 saturated carbocycles. The molecule has 0 aliphatic rings. The largest absolute Gasteiger partial charge is 0.448 e. The Labute approximate surface area is 130 Å². The molecule has 0 aromatic carbocycles. The molecule has 0 saturated heterocycles. The summed E-state index contributed by atoms with van der Waals surface area (Å²) in [4.78, 5) is 0. The zero-order valence-corrected chi connectivity index (χ0v) is 13.1. The van der Waals surface area contributed by atoms with E-state index in [1.165, 1.54) is 12.4 Å². The summed E-state index contributed by atoms with van der Waals surface area (Å²) in [6.07, 6.45) is 2.88. The fourth-order valence-electron chi connectivity index (χ4n) is 1.13. The van der Waals surface area contributed by atoms with Crippen molar-refractivity contribution in [1.29, 1.82) is 0 Å². The lowest BCUT2D eigenvalue weighted by atomic mass is 10.5. The highest BCUT2D eigenvalue weighted by Gasteiger charge is 1.95. The molecular formula is C11H9Br2N5O2. The molecule has 0 unspecified atom stereocenters. The van der Waals surface area contributed by atoms with Crippen LogP contribution in [-0.2, 0) is 0 Å². The van der Waals surface area contributed by atoms with Gasteiger partial charge in [0.05, 0.1) is 12.4 Å². The van der Waals surface area contributed by atoms with Crippen LogP contribution in [0.2, 0.25) is 0 Å². The Balaban J connectivity index is 1.85. The molecule has 9 heteroatoms. The second-order valence-corrected chi connectivity index (χ2v) is 4.95. The maximum Gasteiger partial charge on any atom is 0.234 e. The van der Waals surface area contributed by atoms with Crippen molar-refractivity contribution in [2.24, 2.45) is 21.0 Å². The highest BCUT2D eigenvalue weighted by Crippen LogP contribution is 2.12. The lowest BCUT2D eigenvalue weighted by Gasteiger charge is -1.94. The second-order valence-electron chi connectivity index (χ2n) is 3.38. The summed E-state index contributed by atoms with van der Waals surface area (Å²) in [5.74, 6) is 1.16. The average molecular weight is 403 g/mol. The predicted octanol–water partition coefficient (Wildman–Crippen LogP) is 2.67. The summed E-state index contributed by atoms with van der Waals surface area (Å²) in [5.41, 5.74) is 8.04. The van der Waals surface area contributed by atoms with Gasteiger partial charge >= 0.3 is 0 Å². The van der Waals surface area contributed by atoms with Crippen molar-refractivity contribution in [3.8, 4) is 0 Å². The minimum absolute atomic E-state index is 0.0359. The van der Waals surface area contributed by atoms with E-state index in [4.69, 9.17) is 14.6 Å². The maximum absolute atomic E-state index is 5.54. The molecule has 2 heterocycles. The number of guanidine groups is 1. The number of furan rings is 2. The summed E-state index contributed by atoms with van der Waals surface area (Å²) >= 11 is 6.36. The second kappa shape index (κ2) is 7.06. The first-order valence-electron chi connectivity index (χ1n) is 5.30. The summed E-state index contributed by atoms with van der Waals surface area (Å²) in [6.45, 7) is 0. The molecule has 3 N–H and O–H groups in total. The van der Waals surface area contributed by atoms with Crippen LogP contribution in [0.5, 0.6) is 0 Å². The van der Waals surface area contributed by atoms with Gasteiger partial charge in [0.25, 0.3) is 0 Å². The number of rotatable bonds is 4. The van der Waals surface area contributed by atoms with Crippen molar-refractivity contribution >= 4 is 50.2 Å². The predicted molar refractivity (Wildman–Crippen MR) is 82.8 cm³/mol. The third kappa shape index (κ3) is 4.67. The van der Waals surface area contributed by atoms with Gasteiger partial charge in [0.2, 0.25) is 5.96 Å². The summed E-state index contributed by atoms with van der Waals surface area (Å²) in [5, 5.41) is 11.3. The Kier molecular flexibility index (Phi) is 5.13. The number of nitrogens with one attached hydrogen (secondary N) is 1. The molecule has 2 aromatic rings. The van der Waals surface area contributed by atoms with Crippen LogP contribution in [0.15, 0.2) is 57.7 Å². The lowest BCUT2D eigenvalue weighted by molar-refractivity contribution is 0.534. The van der Waals surface area contributed by atoms with Crippen LogP contribution in [-0.4, -0.2) is 18.4 Å². The average Bonchev–Trinajstić information content (AvgIpc) is 2.99. The molecule has 0 atom stereocenters. The lowest BCUT2D eigenvalue weighted by Crippen LogP contribution is -2.26. The van der Waals surface area contributed by atoms with E-state index in [0.717, 1.165) is 0 Å². The van der Waals surface area contributed by atoms with E-state index >= 15 is 0 Å². The fraction of sp³-hybridized carbons (Fsp3) is 0. The number of hydrogen-bond acceptors (Lipinski definition) is 5. The molecule has 2 rings (SSSR count). The van der Waals surface area contributed by atoms with Crippen molar-refractivity contribution in [3.05, 3.63) is 45.1 Å². The van der Waals surface area contributed by atoms with Gasteiger partial charge in [0.1, 0.15) is 11.5 Å². The Morgan fingerprint density at radius 3 is 2.20 bits per heavy atom. The van der Waals surface area contributed by atoms with Gasteiger partial charge in [-0.05, 0) is 56.1 Å². The van der Waals surface area contributed by atoms with Crippen LogP contribution >= 0.6 is 31.9 Å². The first-order chi connectivity index (χ1) is 9.63. The number of nitrogens with two attached hydrogens (primary N) is 1.